The van der Waals surface area contributed by atoms with Gasteiger partial charge in [0, 0.05) is 11.1 Å². The van der Waals surface area contributed by atoms with Crippen LogP contribution in [0.4, 0.5) is 10.5 Å². The highest BCUT2D eigenvalue weighted by Crippen LogP contribution is 2.18. The molecule has 0 radical (unpaired) electrons. The first kappa shape index (κ1) is 16.7. The van der Waals surface area contributed by atoms with Crippen molar-refractivity contribution in [3.05, 3.63) is 59.8 Å². The number of nitrogens with zero attached hydrogens (tertiary/aromatic N) is 2. The zero-order valence-electron chi connectivity index (χ0n) is 14.2. The maximum absolute atomic E-state index is 12.5. The Balaban J connectivity index is 1.72. The summed E-state index contributed by atoms with van der Waals surface area (Å²) < 4.78 is 6.26. The molecule has 1 N–H and O–H groups in total. The molecule has 0 bridgehead atoms. The zero-order chi connectivity index (χ0) is 17.8. The van der Waals surface area contributed by atoms with Crippen molar-refractivity contribution >= 4 is 28.6 Å². The minimum absolute atomic E-state index is 0.213. The van der Waals surface area contributed by atoms with Gasteiger partial charge in [-0.1, -0.05) is 24.3 Å². The SMILES string of the molecule is CCOC(=O)Cc1ccc(NC(=O)n2ncc3c(C)cccc32)cc1. The summed E-state index contributed by atoms with van der Waals surface area (Å²) in [7, 11) is 0. The number of aryl methyl sites for hydroxylation is 1. The Bertz CT molecular complexity index is 913. The first-order valence-corrected chi connectivity index (χ1v) is 8.07. The maximum atomic E-state index is 12.5. The molecule has 3 aromatic rings. The molecule has 25 heavy (non-hydrogen) atoms. The minimum atomic E-state index is -0.334. The van der Waals surface area contributed by atoms with Gasteiger partial charge in [-0.3, -0.25) is 4.79 Å². The average molecular weight is 337 g/mol. The third kappa shape index (κ3) is 3.68. The minimum Gasteiger partial charge on any atom is -0.466 e. The van der Waals surface area contributed by atoms with E-state index in [0.717, 1.165) is 22.0 Å². The third-order valence-electron chi connectivity index (χ3n) is 3.88. The Kier molecular flexibility index (Phi) is 4.79. The number of amides is 1. The number of ether oxygens (including phenoxy) is 1. The molecule has 0 aliphatic heterocycles. The number of anilines is 1. The van der Waals surface area contributed by atoms with Crippen LogP contribution in [0.25, 0.3) is 10.9 Å². The van der Waals surface area contributed by atoms with Crippen LogP contribution in [0.3, 0.4) is 0 Å². The lowest BCUT2D eigenvalue weighted by Crippen LogP contribution is -2.20. The summed E-state index contributed by atoms with van der Waals surface area (Å²) >= 11 is 0. The zero-order valence-corrected chi connectivity index (χ0v) is 14.2. The van der Waals surface area contributed by atoms with Crippen molar-refractivity contribution in [2.45, 2.75) is 20.3 Å². The van der Waals surface area contributed by atoms with E-state index in [-0.39, 0.29) is 18.4 Å². The van der Waals surface area contributed by atoms with Crippen LogP contribution in [-0.4, -0.2) is 28.4 Å². The molecule has 0 saturated heterocycles. The van der Waals surface area contributed by atoms with Gasteiger partial charge >= 0.3 is 12.0 Å². The number of aromatic nitrogens is 2. The van der Waals surface area contributed by atoms with Gasteiger partial charge in [0.05, 0.1) is 24.7 Å². The number of benzene rings is 2. The van der Waals surface area contributed by atoms with E-state index in [9.17, 15) is 9.59 Å². The summed E-state index contributed by atoms with van der Waals surface area (Å²) in [5.41, 5.74) is 3.29. The van der Waals surface area contributed by atoms with Crippen LogP contribution in [0, 0.1) is 6.92 Å². The normalized spacial score (nSPS) is 10.6. The van der Waals surface area contributed by atoms with E-state index in [2.05, 4.69) is 10.4 Å². The van der Waals surface area contributed by atoms with Crippen LogP contribution in [0.5, 0.6) is 0 Å². The number of hydrogen-bond donors (Lipinski definition) is 1. The largest absolute Gasteiger partial charge is 0.466 e. The smallest absolute Gasteiger partial charge is 0.347 e. The van der Waals surface area contributed by atoms with Gasteiger partial charge in [-0.25, -0.2) is 4.79 Å². The highest BCUT2D eigenvalue weighted by Gasteiger charge is 2.12. The van der Waals surface area contributed by atoms with Gasteiger partial charge in [-0.2, -0.15) is 9.78 Å². The standard InChI is InChI=1S/C19H19N3O3/c1-3-25-18(23)11-14-7-9-15(10-8-14)21-19(24)22-17-6-4-5-13(2)16(17)12-20-22/h4-10,12H,3,11H2,1-2H3,(H,21,24). The van der Waals surface area contributed by atoms with Gasteiger partial charge < -0.3 is 10.1 Å². The van der Waals surface area contributed by atoms with E-state index in [4.69, 9.17) is 4.74 Å². The van der Waals surface area contributed by atoms with Crippen molar-refractivity contribution in [3.63, 3.8) is 0 Å². The molecule has 0 spiro atoms. The van der Waals surface area contributed by atoms with Crippen molar-refractivity contribution in [1.82, 2.24) is 9.78 Å². The molecular weight excluding hydrogens is 318 g/mol. The Hall–Kier alpha value is -3.15. The van der Waals surface area contributed by atoms with Crippen LogP contribution in [0.15, 0.2) is 48.7 Å². The second-order valence-electron chi connectivity index (χ2n) is 5.67. The number of carbonyl (C=O) groups is 2. The Morgan fingerprint density at radius 3 is 2.64 bits per heavy atom. The molecule has 0 saturated carbocycles. The molecule has 128 valence electrons. The van der Waals surface area contributed by atoms with E-state index < -0.39 is 0 Å². The molecule has 0 aliphatic carbocycles. The highest BCUT2D eigenvalue weighted by atomic mass is 16.5. The molecule has 0 unspecified atom stereocenters. The van der Waals surface area contributed by atoms with Gasteiger partial charge in [-0.05, 0) is 43.2 Å². The summed E-state index contributed by atoms with van der Waals surface area (Å²) in [5.74, 6) is -0.266. The van der Waals surface area contributed by atoms with Gasteiger partial charge in [0.25, 0.3) is 0 Å². The predicted octanol–water partition coefficient (Wildman–Crippen LogP) is 3.53. The van der Waals surface area contributed by atoms with Crippen LogP contribution >= 0.6 is 0 Å². The van der Waals surface area contributed by atoms with E-state index in [1.807, 2.05) is 25.1 Å². The first-order chi connectivity index (χ1) is 12.1. The molecule has 1 amide bonds. The number of hydrogen-bond acceptors (Lipinski definition) is 4. The first-order valence-electron chi connectivity index (χ1n) is 8.07. The van der Waals surface area contributed by atoms with Crippen LogP contribution in [-0.2, 0) is 16.0 Å². The highest BCUT2D eigenvalue weighted by molar-refractivity contribution is 5.97. The molecule has 0 aliphatic rings. The van der Waals surface area contributed by atoms with E-state index in [1.54, 1.807) is 37.4 Å². The molecule has 6 nitrogen and oxygen atoms in total. The van der Waals surface area contributed by atoms with Gasteiger partial charge in [-0.15, -0.1) is 0 Å². The van der Waals surface area contributed by atoms with E-state index in [1.165, 1.54) is 4.68 Å². The monoisotopic (exact) mass is 337 g/mol. The number of rotatable bonds is 4. The van der Waals surface area contributed by atoms with E-state index >= 15 is 0 Å². The Morgan fingerprint density at radius 1 is 1.16 bits per heavy atom. The quantitative estimate of drug-likeness (QED) is 0.739. The second kappa shape index (κ2) is 7.17. The summed E-state index contributed by atoms with van der Waals surface area (Å²) in [6.45, 7) is 4.12. The number of carbonyl (C=O) groups excluding carboxylic acids is 2. The van der Waals surface area contributed by atoms with Gasteiger partial charge in [0.1, 0.15) is 0 Å². The van der Waals surface area contributed by atoms with Gasteiger partial charge in [0.15, 0.2) is 0 Å². The Labute approximate surface area is 145 Å². The number of esters is 1. The maximum Gasteiger partial charge on any atom is 0.347 e. The third-order valence-corrected chi connectivity index (χ3v) is 3.88. The van der Waals surface area contributed by atoms with Crippen molar-refractivity contribution in [1.29, 1.82) is 0 Å². The van der Waals surface area contributed by atoms with Crippen LogP contribution in [0.1, 0.15) is 18.1 Å². The van der Waals surface area contributed by atoms with Crippen molar-refractivity contribution in [2.75, 3.05) is 11.9 Å². The average Bonchev–Trinajstić information content (AvgIpc) is 3.02. The predicted molar refractivity (Wildman–Crippen MR) is 95.7 cm³/mol. The lowest BCUT2D eigenvalue weighted by Gasteiger charge is -2.07. The van der Waals surface area contributed by atoms with Gasteiger partial charge in [0.2, 0.25) is 0 Å². The number of nitrogens with one attached hydrogen (secondary N) is 1. The molecule has 3 rings (SSSR count). The molecule has 0 atom stereocenters. The molecule has 1 aromatic heterocycles. The number of fused-ring (bicyclic) bond motifs is 1. The molecule has 2 aromatic carbocycles. The topological polar surface area (TPSA) is 73.2 Å². The lowest BCUT2D eigenvalue weighted by atomic mass is 10.1. The fraction of sp³-hybridized carbons (Fsp3) is 0.211. The summed E-state index contributed by atoms with van der Waals surface area (Å²) in [6, 6.07) is 12.5. The fourth-order valence-corrected chi connectivity index (χ4v) is 2.62. The molecule has 6 heteroatoms. The Morgan fingerprint density at radius 2 is 1.92 bits per heavy atom. The van der Waals surface area contributed by atoms with Crippen molar-refractivity contribution in [3.8, 4) is 0 Å². The molecule has 1 heterocycles. The lowest BCUT2D eigenvalue weighted by molar-refractivity contribution is -0.142. The van der Waals surface area contributed by atoms with Crippen molar-refractivity contribution < 1.29 is 14.3 Å². The van der Waals surface area contributed by atoms with Crippen LogP contribution in [0.2, 0.25) is 0 Å². The summed E-state index contributed by atoms with van der Waals surface area (Å²) in [6.07, 6.45) is 1.90. The second-order valence-corrected chi connectivity index (χ2v) is 5.67. The summed E-state index contributed by atoms with van der Waals surface area (Å²) in [4.78, 5) is 23.9. The van der Waals surface area contributed by atoms with E-state index in [0.29, 0.717) is 12.3 Å². The molecular formula is C19H19N3O3. The van der Waals surface area contributed by atoms with Crippen molar-refractivity contribution in [2.24, 2.45) is 0 Å². The summed E-state index contributed by atoms with van der Waals surface area (Å²) in [5, 5.41) is 7.93. The van der Waals surface area contributed by atoms with Crippen LogP contribution < -0.4 is 5.32 Å². The molecule has 0 fully saturated rings. The fourth-order valence-electron chi connectivity index (χ4n) is 2.62.